The topological polar surface area (TPSA) is 100 Å². The summed E-state index contributed by atoms with van der Waals surface area (Å²) in [6, 6.07) is 2.02. The van der Waals surface area contributed by atoms with E-state index < -0.39 is 17.4 Å². The molecule has 0 atom stereocenters. The molecule has 2 aliphatic rings. The molecule has 0 saturated carbocycles. The number of benzene rings is 1. The van der Waals surface area contributed by atoms with Crippen LogP contribution in [0.3, 0.4) is 0 Å². The third-order valence-corrected chi connectivity index (χ3v) is 6.57. The number of piperidine rings is 1. The molecular weight excluding hydrogens is 414 g/mol. The number of anilines is 2. The van der Waals surface area contributed by atoms with E-state index in [4.69, 9.17) is 5.73 Å². The number of nitrogen functional groups attached to an aromatic ring is 1. The molecule has 5 rings (SSSR count). The average molecular weight is 440 g/mol. The number of pyridine rings is 1. The molecule has 0 spiro atoms. The monoisotopic (exact) mass is 440 g/mol. The van der Waals surface area contributed by atoms with Crippen molar-refractivity contribution in [1.29, 1.82) is 0 Å². The third-order valence-electron chi connectivity index (χ3n) is 6.57. The Morgan fingerprint density at radius 3 is 2.66 bits per heavy atom. The van der Waals surface area contributed by atoms with E-state index in [1.165, 1.54) is 17.2 Å². The van der Waals surface area contributed by atoms with Crippen LogP contribution < -0.4 is 11.1 Å². The van der Waals surface area contributed by atoms with Gasteiger partial charge in [-0.15, -0.1) is 0 Å². The van der Waals surface area contributed by atoms with Gasteiger partial charge in [0.1, 0.15) is 11.6 Å². The number of aromatic hydroxyl groups is 1. The summed E-state index contributed by atoms with van der Waals surface area (Å²) in [5.41, 5.74) is 10.7. The first-order valence-corrected chi connectivity index (χ1v) is 11.0. The summed E-state index contributed by atoms with van der Waals surface area (Å²) in [7, 11) is 0. The van der Waals surface area contributed by atoms with Crippen LogP contribution in [-0.4, -0.2) is 44.1 Å². The molecule has 0 amide bonds. The summed E-state index contributed by atoms with van der Waals surface area (Å²) in [6.45, 7) is 3.74. The molecule has 0 radical (unpaired) electrons. The van der Waals surface area contributed by atoms with Gasteiger partial charge in [0.25, 0.3) is 0 Å². The average Bonchev–Trinajstić information content (AvgIpc) is 3.23. The molecule has 7 nitrogen and oxygen atoms in total. The van der Waals surface area contributed by atoms with E-state index in [0.717, 1.165) is 43.2 Å². The number of aryl methyl sites for hydroxylation is 2. The van der Waals surface area contributed by atoms with Crippen molar-refractivity contribution in [1.82, 2.24) is 19.9 Å². The van der Waals surface area contributed by atoms with Gasteiger partial charge in [-0.25, -0.2) is 13.8 Å². The summed E-state index contributed by atoms with van der Waals surface area (Å²) >= 11 is 0. The van der Waals surface area contributed by atoms with Crippen molar-refractivity contribution in [3.63, 3.8) is 0 Å². The maximum atomic E-state index is 13.6. The summed E-state index contributed by atoms with van der Waals surface area (Å²) in [5.74, 6) is -1.17. The fourth-order valence-electron chi connectivity index (χ4n) is 4.94. The molecule has 2 aromatic heterocycles. The van der Waals surface area contributed by atoms with E-state index in [9.17, 15) is 13.9 Å². The number of nitrogens with two attached hydrogens (primary N) is 1. The van der Waals surface area contributed by atoms with Crippen LogP contribution in [0.15, 0.2) is 12.1 Å². The van der Waals surface area contributed by atoms with Crippen LogP contribution in [0.25, 0.3) is 11.0 Å². The molecule has 1 aliphatic carbocycles. The predicted molar refractivity (Wildman–Crippen MR) is 118 cm³/mol. The first kappa shape index (κ1) is 20.8. The number of likely N-dealkylation sites (tertiary alicyclic amines) is 1. The highest BCUT2D eigenvalue weighted by atomic mass is 19.1. The van der Waals surface area contributed by atoms with Gasteiger partial charge in [-0.3, -0.25) is 4.90 Å². The van der Waals surface area contributed by atoms with Crippen LogP contribution in [0.4, 0.5) is 20.5 Å². The predicted octanol–water partition coefficient (Wildman–Crippen LogP) is 3.46. The first-order chi connectivity index (χ1) is 15.4. The van der Waals surface area contributed by atoms with Crippen molar-refractivity contribution in [2.24, 2.45) is 0 Å². The van der Waals surface area contributed by atoms with E-state index in [0.29, 0.717) is 43.1 Å². The summed E-state index contributed by atoms with van der Waals surface area (Å²) in [6.07, 6.45) is 4.73. The molecule has 0 unspecified atom stereocenters. The zero-order valence-corrected chi connectivity index (χ0v) is 18.0. The van der Waals surface area contributed by atoms with Crippen molar-refractivity contribution in [2.45, 2.75) is 51.6 Å². The fraction of sp³-hybridized carbons (Fsp3) is 0.435. The number of rotatable bonds is 4. The van der Waals surface area contributed by atoms with Gasteiger partial charge in [-0.2, -0.15) is 9.97 Å². The lowest BCUT2D eigenvalue weighted by atomic mass is 10.0. The van der Waals surface area contributed by atoms with Gasteiger partial charge in [-0.05, 0) is 56.2 Å². The molecule has 1 fully saturated rings. The molecule has 1 aromatic carbocycles. The largest absolute Gasteiger partial charge is 0.505 e. The lowest BCUT2D eigenvalue weighted by molar-refractivity contribution is 0.208. The highest BCUT2D eigenvalue weighted by Gasteiger charge is 2.24. The number of phenolic OH excluding ortho intramolecular Hbond substituents is 1. The van der Waals surface area contributed by atoms with Crippen molar-refractivity contribution in [3.05, 3.63) is 46.2 Å². The zero-order valence-electron chi connectivity index (χ0n) is 18.0. The molecule has 32 heavy (non-hydrogen) atoms. The Kier molecular flexibility index (Phi) is 5.28. The number of nitrogens with one attached hydrogen (secondary N) is 1. The molecular formula is C23H26F2N6O. The highest BCUT2D eigenvalue weighted by molar-refractivity contribution is 5.91. The van der Waals surface area contributed by atoms with Gasteiger partial charge in [-0.1, -0.05) is 0 Å². The standard InChI is InChI=1S/C23H26F2N6O/c1-12-16-3-2-4-17(16)19-21(26)29-23(30-22(19)27-12)28-15-5-7-31(8-6-15)11-13-9-14(24)10-18(25)20(13)32/h9-10,15,32H,2-8,11H2,1H3,(H3,26,27,28,29,30). The van der Waals surface area contributed by atoms with Crippen LogP contribution >= 0.6 is 0 Å². The molecule has 3 aromatic rings. The SMILES string of the molecule is Cc1nc2nc(NC3CCN(Cc4cc(F)cc(F)c4O)CC3)nc(N)c2c2c1CCC2. The van der Waals surface area contributed by atoms with Crippen molar-refractivity contribution >= 4 is 22.8 Å². The van der Waals surface area contributed by atoms with Crippen LogP contribution in [0.5, 0.6) is 5.75 Å². The Balaban J connectivity index is 1.27. The van der Waals surface area contributed by atoms with Crippen molar-refractivity contribution in [2.75, 3.05) is 24.1 Å². The normalized spacial score (nSPS) is 17.1. The van der Waals surface area contributed by atoms with E-state index in [-0.39, 0.29) is 11.6 Å². The quantitative estimate of drug-likeness (QED) is 0.571. The number of hydrogen-bond donors (Lipinski definition) is 3. The summed E-state index contributed by atoms with van der Waals surface area (Å²) in [4.78, 5) is 15.9. The highest BCUT2D eigenvalue weighted by Crippen LogP contribution is 2.33. The van der Waals surface area contributed by atoms with Gasteiger partial charge < -0.3 is 16.2 Å². The number of hydrogen-bond acceptors (Lipinski definition) is 7. The molecule has 3 heterocycles. The third kappa shape index (κ3) is 3.81. The molecule has 1 aliphatic heterocycles. The van der Waals surface area contributed by atoms with Crippen LogP contribution in [0, 0.1) is 18.6 Å². The molecule has 0 bridgehead atoms. The maximum absolute atomic E-state index is 13.6. The molecule has 9 heteroatoms. The van der Waals surface area contributed by atoms with Crippen LogP contribution in [-0.2, 0) is 19.4 Å². The molecule has 1 saturated heterocycles. The number of fused-ring (bicyclic) bond motifs is 3. The van der Waals surface area contributed by atoms with Crippen molar-refractivity contribution < 1.29 is 13.9 Å². The Labute approximate surface area is 184 Å². The smallest absolute Gasteiger partial charge is 0.226 e. The minimum Gasteiger partial charge on any atom is -0.505 e. The van der Waals surface area contributed by atoms with E-state index in [2.05, 4.69) is 25.2 Å². The van der Waals surface area contributed by atoms with Gasteiger partial charge in [0.2, 0.25) is 5.95 Å². The second-order valence-corrected chi connectivity index (χ2v) is 8.73. The number of halogens is 2. The first-order valence-electron chi connectivity index (χ1n) is 11.0. The second kappa shape index (κ2) is 8.12. The second-order valence-electron chi connectivity index (χ2n) is 8.73. The Morgan fingerprint density at radius 2 is 1.88 bits per heavy atom. The molecule has 168 valence electrons. The summed E-state index contributed by atoms with van der Waals surface area (Å²) < 4.78 is 27.1. The van der Waals surface area contributed by atoms with Crippen LogP contribution in [0.1, 0.15) is 41.6 Å². The van der Waals surface area contributed by atoms with E-state index in [1.807, 2.05) is 6.92 Å². The van der Waals surface area contributed by atoms with Gasteiger partial charge in [0, 0.05) is 43.0 Å². The van der Waals surface area contributed by atoms with Crippen molar-refractivity contribution in [3.8, 4) is 5.75 Å². The lowest BCUT2D eigenvalue weighted by Gasteiger charge is -2.32. The maximum Gasteiger partial charge on any atom is 0.226 e. The lowest BCUT2D eigenvalue weighted by Crippen LogP contribution is -2.39. The van der Waals surface area contributed by atoms with Crippen LogP contribution in [0.2, 0.25) is 0 Å². The minimum absolute atomic E-state index is 0.150. The summed E-state index contributed by atoms with van der Waals surface area (Å²) in [5, 5.41) is 14.1. The fourth-order valence-corrected chi connectivity index (χ4v) is 4.94. The Morgan fingerprint density at radius 1 is 1.12 bits per heavy atom. The number of aromatic nitrogens is 3. The molecule has 4 N–H and O–H groups in total. The Bertz CT molecular complexity index is 1190. The number of phenols is 1. The van der Waals surface area contributed by atoms with E-state index in [1.54, 1.807) is 0 Å². The van der Waals surface area contributed by atoms with Gasteiger partial charge in [0.15, 0.2) is 17.2 Å². The minimum atomic E-state index is -0.933. The number of nitrogens with zero attached hydrogens (tertiary/aromatic N) is 4. The zero-order chi connectivity index (χ0) is 22.4. The van der Waals surface area contributed by atoms with Gasteiger partial charge >= 0.3 is 0 Å². The van der Waals surface area contributed by atoms with Gasteiger partial charge in [0.05, 0.1) is 5.39 Å². The Hall–Kier alpha value is -3.07. The van der Waals surface area contributed by atoms with E-state index >= 15 is 0 Å².